The highest BCUT2D eigenvalue weighted by molar-refractivity contribution is 5.35. The van der Waals surface area contributed by atoms with Crippen molar-refractivity contribution in [1.82, 2.24) is 0 Å². The highest BCUT2D eigenvalue weighted by Crippen LogP contribution is 2.79. The van der Waals surface area contributed by atoms with Gasteiger partial charge in [-0.1, -0.05) is 37.3 Å². The lowest BCUT2D eigenvalue weighted by Crippen LogP contribution is -2.75. The van der Waals surface area contributed by atoms with Gasteiger partial charge in [-0.15, -0.1) is 0 Å². The van der Waals surface area contributed by atoms with Crippen molar-refractivity contribution in [2.24, 2.45) is 35.0 Å². The van der Waals surface area contributed by atoms with E-state index in [0.29, 0.717) is 5.92 Å². The van der Waals surface area contributed by atoms with Crippen LogP contribution in [0.5, 0.6) is 0 Å². The van der Waals surface area contributed by atoms with Crippen molar-refractivity contribution in [3.8, 4) is 0 Å². The largest absolute Gasteiger partial charge is 0.384 e. The van der Waals surface area contributed by atoms with Gasteiger partial charge < -0.3 is 5.11 Å². The minimum atomic E-state index is -0.536. The standard InChI is InChI=1S/C18H22O/c1-17-14-7-11-8-15(17)10-12(9-14)16(11)18(17,19)13-5-3-2-4-6-13/h2-6,11-12,14-16,19H,7-10H2,1H3/t11?,12?,14?,15?,16?,17?,18-/m0/s1. The first-order chi connectivity index (χ1) is 9.15. The Kier molecular flexibility index (Phi) is 1.77. The number of hydrogen-bond donors (Lipinski definition) is 1. The smallest absolute Gasteiger partial charge is 0.0988 e. The molecular weight excluding hydrogens is 232 g/mol. The maximum absolute atomic E-state index is 11.8. The molecule has 0 heterocycles. The van der Waals surface area contributed by atoms with Crippen molar-refractivity contribution < 1.29 is 5.11 Å². The average Bonchev–Trinajstić information content (AvgIpc) is 2.42. The van der Waals surface area contributed by atoms with Gasteiger partial charge in [-0.05, 0) is 60.8 Å². The molecule has 8 aliphatic rings. The van der Waals surface area contributed by atoms with Crippen LogP contribution in [0.15, 0.2) is 30.3 Å². The van der Waals surface area contributed by atoms with E-state index in [9.17, 15) is 5.11 Å². The molecule has 1 atom stereocenters. The predicted molar refractivity (Wildman–Crippen MR) is 74.4 cm³/mol. The molecular formula is C18H22O. The van der Waals surface area contributed by atoms with Gasteiger partial charge in [0.1, 0.15) is 0 Å². The van der Waals surface area contributed by atoms with Gasteiger partial charge in [0.2, 0.25) is 0 Å². The normalized spacial score (nSPS) is 57.1. The zero-order chi connectivity index (χ0) is 12.8. The molecule has 1 aromatic rings. The summed E-state index contributed by atoms with van der Waals surface area (Å²) < 4.78 is 0. The summed E-state index contributed by atoms with van der Waals surface area (Å²) in [5.41, 5.74) is 0.806. The fourth-order valence-electron chi connectivity index (χ4n) is 6.99. The molecule has 100 valence electrons. The van der Waals surface area contributed by atoms with Crippen LogP contribution in [-0.2, 0) is 5.60 Å². The molecule has 1 N–H and O–H groups in total. The van der Waals surface area contributed by atoms with Crippen molar-refractivity contribution in [3.05, 3.63) is 35.9 Å². The quantitative estimate of drug-likeness (QED) is 0.812. The minimum absolute atomic E-state index is 0.141. The molecule has 8 saturated carbocycles. The number of rotatable bonds is 1. The van der Waals surface area contributed by atoms with Crippen LogP contribution in [0.25, 0.3) is 0 Å². The summed E-state index contributed by atoms with van der Waals surface area (Å²) in [7, 11) is 0. The van der Waals surface area contributed by atoms with Gasteiger partial charge in [-0.2, -0.15) is 0 Å². The summed E-state index contributed by atoms with van der Waals surface area (Å²) in [5.74, 6) is 3.68. The van der Waals surface area contributed by atoms with E-state index in [1.54, 1.807) is 0 Å². The summed E-state index contributed by atoms with van der Waals surface area (Å²) in [5, 5.41) is 11.8. The van der Waals surface area contributed by atoms with E-state index < -0.39 is 5.60 Å². The third-order valence-corrected chi connectivity index (χ3v) is 7.58. The zero-order valence-electron chi connectivity index (χ0n) is 11.5. The highest BCUT2D eigenvalue weighted by atomic mass is 16.3. The first kappa shape index (κ1) is 10.9. The Hall–Kier alpha value is -0.820. The molecule has 1 aromatic carbocycles. The van der Waals surface area contributed by atoms with E-state index in [-0.39, 0.29) is 5.41 Å². The maximum Gasteiger partial charge on any atom is 0.0988 e. The molecule has 8 aliphatic carbocycles. The molecule has 0 unspecified atom stereocenters. The van der Waals surface area contributed by atoms with Gasteiger partial charge in [-0.3, -0.25) is 0 Å². The number of hydrogen-bond acceptors (Lipinski definition) is 1. The average molecular weight is 254 g/mol. The summed E-state index contributed by atoms with van der Waals surface area (Å²) in [4.78, 5) is 0. The van der Waals surface area contributed by atoms with E-state index >= 15 is 0 Å². The van der Waals surface area contributed by atoms with Gasteiger partial charge in [0.15, 0.2) is 0 Å². The second kappa shape index (κ2) is 3.09. The molecule has 0 radical (unpaired) electrons. The molecule has 0 aliphatic heterocycles. The molecule has 9 rings (SSSR count). The summed E-state index contributed by atoms with van der Waals surface area (Å²) in [6.45, 7) is 2.41. The van der Waals surface area contributed by atoms with Gasteiger partial charge in [0.05, 0.1) is 5.60 Å². The molecule has 1 nitrogen and oxygen atoms in total. The van der Waals surface area contributed by atoms with Crippen molar-refractivity contribution in [2.75, 3.05) is 0 Å². The Labute approximate surface area is 115 Å². The van der Waals surface area contributed by atoms with Crippen LogP contribution in [0.4, 0.5) is 0 Å². The van der Waals surface area contributed by atoms with Crippen molar-refractivity contribution in [1.29, 1.82) is 0 Å². The molecule has 19 heavy (non-hydrogen) atoms. The van der Waals surface area contributed by atoms with Crippen LogP contribution in [-0.4, -0.2) is 5.11 Å². The fourth-order valence-corrected chi connectivity index (χ4v) is 6.99. The third-order valence-electron chi connectivity index (χ3n) is 7.58. The van der Waals surface area contributed by atoms with Gasteiger partial charge >= 0.3 is 0 Å². The first-order valence-corrected chi connectivity index (χ1v) is 7.93. The van der Waals surface area contributed by atoms with Crippen molar-refractivity contribution in [3.63, 3.8) is 0 Å². The van der Waals surface area contributed by atoms with Gasteiger partial charge in [0.25, 0.3) is 0 Å². The van der Waals surface area contributed by atoms with Crippen molar-refractivity contribution in [2.45, 2.75) is 38.2 Å². The fraction of sp³-hybridized carbons (Fsp3) is 0.667. The molecule has 1 heteroatoms. The van der Waals surface area contributed by atoms with Crippen molar-refractivity contribution >= 4 is 0 Å². The highest BCUT2D eigenvalue weighted by Gasteiger charge is 2.76. The number of benzene rings is 1. The van der Waals surface area contributed by atoms with E-state index in [2.05, 4.69) is 37.3 Å². The van der Waals surface area contributed by atoms with Crippen LogP contribution in [0.1, 0.15) is 38.2 Å². The topological polar surface area (TPSA) is 20.2 Å². The Morgan fingerprint density at radius 1 is 0.947 bits per heavy atom. The molecule has 0 saturated heterocycles. The van der Waals surface area contributed by atoms with E-state index in [0.717, 1.165) is 23.7 Å². The van der Waals surface area contributed by atoms with Gasteiger partial charge in [-0.25, -0.2) is 0 Å². The minimum Gasteiger partial charge on any atom is -0.384 e. The molecule has 0 spiro atoms. The molecule has 0 aromatic heterocycles. The van der Waals surface area contributed by atoms with E-state index in [4.69, 9.17) is 0 Å². The van der Waals surface area contributed by atoms with Crippen LogP contribution < -0.4 is 0 Å². The summed E-state index contributed by atoms with van der Waals surface area (Å²) in [6.07, 6.45) is 5.57. The summed E-state index contributed by atoms with van der Waals surface area (Å²) in [6, 6.07) is 10.6. The van der Waals surface area contributed by atoms with Crippen LogP contribution in [0.3, 0.4) is 0 Å². The Bertz CT molecular complexity index is 504. The SMILES string of the molecule is CC12C3CC4CC1CC(C3)C4[C@@]2(O)c1ccccc1. The molecule has 8 fully saturated rings. The zero-order valence-corrected chi connectivity index (χ0v) is 11.5. The predicted octanol–water partition coefficient (Wildman–Crippen LogP) is 3.58. The maximum atomic E-state index is 11.8. The Balaban J connectivity index is 1.77. The lowest BCUT2D eigenvalue weighted by molar-refractivity contribution is -0.342. The lowest BCUT2D eigenvalue weighted by Gasteiger charge is -2.77. The number of aliphatic hydroxyl groups is 1. The van der Waals surface area contributed by atoms with Gasteiger partial charge in [0, 0.05) is 5.41 Å². The second-order valence-corrected chi connectivity index (χ2v) is 7.80. The van der Waals surface area contributed by atoms with E-state index in [1.807, 2.05) is 0 Å². The molecule has 0 amide bonds. The molecule has 6 bridgehead atoms. The second-order valence-electron chi connectivity index (χ2n) is 7.80. The summed E-state index contributed by atoms with van der Waals surface area (Å²) >= 11 is 0. The van der Waals surface area contributed by atoms with E-state index in [1.165, 1.54) is 31.2 Å². The van der Waals surface area contributed by atoms with Crippen LogP contribution in [0.2, 0.25) is 0 Å². The Morgan fingerprint density at radius 2 is 1.47 bits per heavy atom. The first-order valence-electron chi connectivity index (χ1n) is 7.93. The van der Waals surface area contributed by atoms with Crippen LogP contribution >= 0.6 is 0 Å². The Morgan fingerprint density at radius 3 is 1.95 bits per heavy atom. The lowest BCUT2D eigenvalue weighted by atomic mass is 9.28. The van der Waals surface area contributed by atoms with Crippen LogP contribution in [0, 0.1) is 35.0 Å². The third kappa shape index (κ3) is 0.961. The monoisotopic (exact) mass is 254 g/mol.